The van der Waals surface area contributed by atoms with E-state index in [-0.39, 0.29) is 64.9 Å². The van der Waals surface area contributed by atoms with E-state index in [1.54, 1.807) is 21.9 Å². The number of pyridine rings is 4. The van der Waals surface area contributed by atoms with Gasteiger partial charge in [0.2, 0.25) is 9.23 Å². The molecule has 4 atom stereocenters. The maximum atomic E-state index is 13.0. The van der Waals surface area contributed by atoms with Gasteiger partial charge >= 0.3 is 42.6 Å². The number of anilines is 4. The Bertz CT molecular complexity index is 3280. The molecular weight excluding hydrogens is 1230 g/mol. The van der Waals surface area contributed by atoms with E-state index in [9.17, 15) is 38.4 Å². The zero-order valence-corrected chi connectivity index (χ0v) is 54.5. The van der Waals surface area contributed by atoms with Gasteiger partial charge in [0.15, 0.2) is 0 Å². The number of nitrogens with one attached hydrogen (secondary N) is 1. The number of carbonyl (C=O) groups is 7. The van der Waals surface area contributed by atoms with Crippen LogP contribution >= 0.6 is 21.4 Å². The van der Waals surface area contributed by atoms with Crippen molar-refractivity contribution in [2.24, 2.45) is 23.3 Å². The quantitative estimate of drug-likeness (QED) is 0.0279. The Hall–Kier alpha value is -8.39. The molecule has 0 saturated carbocycles. The predicted molar refractivity (Wildman–Crippen MR) is 346 cm³/mol. The number of likely N-dealkylation sites (tertiary alicyclic amines) is 2. The fourth-order valence-corrected chi connectivity index (χ4v) is 9.29. The number of nitrogen functional groups attached to an aromatic ring is 3. The van der Waals surface area contributed by atoms with E-state index >= 15 is 0 Å². The number of aromatic carboxylic acids is 1. The SMILES string of the molecule is CCc1ncc(N)cc1C(=O)O.CCc1ncc(N)cc1C(=O)OC.CCc1ncc(N)cc1C(N)=O.CCc1ncc(NC(=O)C(=O)N2C[C@H](C)CC[C@H]2c2ccccc2)cc1C(N)=O.C[C@@H]1CC[C@@H](c2ccccc2)N(C(=O)[C-]=O)C1.N.O.O=S(Cl)Cl.[Li+].[OH-]. The second kappa shape index (κ2) is 43.3. The summed E-state index contributed by atoms with van der Waals surface area (Å²) in [5.41, 5.74) is 34.4. The average molecular weight is 1310 g/mol. The van der Waals surface area contributed by atoms with Gasteiger partial charge < -0.3 is 80.3 Å². The Kier molecular flexibility index (Phi) is 40.3. The number of aromatic nitrogens is 4. The molecule has 0 bridgehead atoms. The summed E-state index contributed by atoms with van der Waals surface area (Å²) in [6.45, 7) is 12.9. The topological polar surface area (TPSA) is 480 Å². The molecule has 26 nitrogen and oxygen atoms in total. The van der Waals surface area contributed by atoms with Crippen molar-refractivity contribution in [3.8, 4) is 0 Å². The fraction of sp³-hybridized carbons (Fsp3) is 0.344. The summed E-state index contributed by atoms with van der Waals surface area (Å²) < 4.78 is 13.7. The number of ether oxygens (including phenoxy) is 1. The van der Waals surface area contributed by atoms with E-state index in [0.717, 1.165) is 36.8 Å². The second-order valence-corrected chi connectivity index (χ2v) is 22.3. The number of aryl methyl sites for hydroxylation is 4. The monoisotopic (exact) mass is 1310 g/mol. The summed E-state index contributed by atoms with van der Waals surface area (Å²) in [6, 6.07) is 25.5. The average Bonchev–Trinajstić information content (AvgIpc) is 1.48. The van der Waals surface area contributed by atoms with Crippen LogP contribution in [0, 0.1) is 11.8 Å². The maximum Gasteiger partial charge on any atom is 1.00 e. The summed E-state index contributed by atoms with van der Waals surface area (Å²) in [4.78, 5) is 112. The molecule has 0 spiro atoms. The van der Waals surface area contributed by atoms with Gasteiger partial charge in [0.25, 0.3) is 11.8 Å². The first-order chi connectivity index (χ1) is 41.3. The minimum atomic E-state index is -1.67. The second-order valence-electron chi connectivity index (χ2n) is 19.8. The maximum absolute atomic E-state index is 13.0. The van der Waals surface area contributed by atoms with Crippen molar-refractivity contribution in [2.45, 2.75) is 105 Å². The molecule has 2 aliphatic heterocycles. The zero-order valence-electron chi connectivity index (χ0n) is 52.2. The number of carboxylic acid groups (broad SMARTS) is 1. The molecule has 490 valence electrons. The molecular formula is C61H81Cl2LiN13O13S-. The van der Waals surface area contributed by atoms with Gasteiger partial charge in [-0.05, 0) is 98.6 Å². The van der Waals surface area contributed by atoms with E-state index < -0.39 is 50.7 Å². The Morgan fingerprint density at radius 1 is 0.626 bits per heavy atom. The van der Waals surface area contributed by atoms with E-state index in [1.165, 1.54) is 50.3 Å². The number of halogens is 2. The molecule has 4 aromatic heterocycles. The number of hydrogen-bond acceptors (Lipinski definition) is 19. The van der Waals surface area contributed by atoms with E-state index in [1.807, 2.05) is 88.4 Å². The summed E-state index contributed by atoms with van der Waals surface area (Å²) >= 11 is 0. The van der Waals surface area contributed by atoms with Crippen molar-refractivity contribution < 1.29 is 82.2 Å². The Morgan fingerprint density at radius 3 is 1.36 bits per heavy atom. The van der Waals surface area contributed by atoms with Crippen LogP contribution in [0.15, 0.2) is 110 Å². The number of piperidine rings is 2. The molecule has 2 fully saturated rings. The number of nitrogens with two attached hydrogens (primary N) is 5. The van der Waals surface area contributed by atoms with Gasteiger partial charge in [-0.25, -0.2) is 13.8 Å². The van der Waals surface area contributed by atoms with E-state index in [4.69, 9.17) is 38.0 Å². The van der Waals surface area contributed by atoms with Crippen LogP contribution in [0.4, 0.5) is 22.7 Å². The first-order valence-electron chi connectivity index (χ1n) is 27.6. The molecule has 18 N–H and O–H groups in total. The van der Waals surface area contributed by atoms with Crippen LogP contribution in [-0.4, -0.2) is 118 Å². The molecule has 30 heteroatoms. The number of carboxylic acids is 1. The fourth-order valence-electron chi connectivity index (χ4n) is 9.29. The van der Waals surface area contributed by atoms with Crippen molar-refractivity contribution in [2.75, 3.05) is 42.7 Å². The minimum absolute atomic E-state index is 0. The van der Waals surface area contributed by atoms with Crippen LogP contribution in [0.3, 0.4) is 0 Å². The predicted octanol–water partition coefficient (Wildman–Crippen LogP) is 4.25. The molecule has 2 saturated heterocycles. The van der Waals surface area contributed by atoms with Crippen molar-refractivity contribution in [3.05, 3.63) is 166 Å². The van der Waals surface area contributed by atoms with Crippen LogP contribution in [0.2, 0.25) is 0 Å². The molecule has 6 aromatic rings. The number of nitrogens with zero attached hydrogens (tertiary/aromatic N) is 6. The molecule has 0 radical (unpaired) electrons. The van der Waals surface area contributed by atoms with Crippen molar-refractivity contribution >= 4 is 101 Å². The first-order valence-corrected chi connectivity index (χ1v) is 30.4. The van der Waals surface area contributed by atoms with E-state index in [2.05, 4.69) is 65.2 Å². The largest absolute Gasteiger partial charge is 1.00 e. The van der Waals surface area contributed by atoms with Crippen LogP contribution in [-0.2, 0) is 58.8 Å². The Balaban J connectivity index is 0. The third-order valence-electron chi connectivity index (χ3n) is 13.5. The summed E-state index contributed by atoms with van der Waals surface area (Å²) in [6.07, 6.45) is 13.7. The molecule has 8 rings (SSSR count). The van der Waals surface area contributed by atoms with E-state index in [0.29, 0.717) is 102 Å². The molecule has 91 heavy (non-hydrogen) atoms. The van der Waals surface area contributed by atoms with Gasteiger partial charge in [-0.3, -0.25) is 39.1 Å². The Morgan fingerprint density at radius 2 is 0.978 bits per heavy atom. The molecule has 6 heterocycles. The number of amides is 5. The number of benzene rings is 2. The van der Waals surface area contributed by atoms with Gasteiger partial charge in [0, 0.05) is 34.5 Å². The standard InChI is InChI=1S/C22H26N4O3.C14H16NO2.C9H12N2O2.C8H11N3O.C8H10N2O2.Cl2OS.Li.H3N.2H2O/c1-3-18-17(20(23)27)11-16(12-24-18)25-21(28)22(29)26-13-14(2)9-10-19(26)15-7-5-4-6-8-15;1-11-7-8-13(12-5-3-2-4-6-12)15(9-11)14(17)10-16;1-3-8-7(9(12)13-2)4-6(10)5-11-8;1-2-7-6(8(10)12)3-5(9)4-11-7;1-2-7-6(8(11)12)3-5(9)4-10-7;1-4(2)3;;;;/h4-8,11-12,14,19H,3,9-10,13H2,1-2H3,(H2,23,27)(H,25,28);2-6,11,13H,7-9H2,1H3;4-5H,3,10H2,1-2H3;3-4H,2,9H2,1H3,(H2,10,12);3-4H,2,9H2,1H3,(H,11,12);;;1H3;2*1H2/q;-1;;;;;+1;;;/p-1/t14-,19+;11-,13+;;;;;;;;/m11......../s1. The number of methoxy groups -OCH3 is 1. The van der Waals surface area contributed by atoms with Crippen molar-refractivity contribution in [1.82, 2.24) is 35.9 Å². The van der Waals surface area contributed by atoms with Crippen molar-refractivity contribution in [1.29, 1.82) is 0 Å². The van der Waals surface area contributed by atoms with Crippen LogP contribution < -0.4 is 59.0 Å². The smallest absolute Gasteiger partial charge is 0.870 e. The molecule has 2 aromatic carbocycles. The number of esters is 1. The van der Waals surface area contributed by atoms with Gasteiger partial charge in [-0.1, -0.05) is 102 Å². The Labute approximate surface area is 553 Å². The minimum Gasteiger partial charge on any atom is -0.870 e. The summed E-state index contributed by atoms with van der Waals surface area (Å²) in [5.74, 6) is -3.57. The van der Waals surface area contributed by atoms with Gasteiger partial charge in [-0.15, -0.1) is 0 Å². The third kappa shape index (κ3) is 27.3. The zero-order chi connectivity index (χ0) is 64.9. The van der Waals surface area contributed by atoms with Crippen LogP contribution in [0.5, 0.6) is 0 Å². The third-order valence-corrected chi connectivity index (χ3v) is 13.5. The summed E-state index contributed by atoms with van der Waals surface area (Å²) in [5, 5.41) is 11.3. The van der Waals surface area contributed by atoms with Crippen LogP contribution in [0.1, 0.15) is 155 Å². The van der Waals surface area contributed by atoms with Crippen LogP contribution in [0.25, 0.3) is 0 Å². The molecule has 0 unspecified atom stereocenters. The number of rotatable bonds is 12. The molecule has 0 aliphatic carbocycles. The first kappa shape index (κ1) is 84.7. The normalized spacial score (nSPS) is 14.9. The van der Waals surface area contributed by atoms with Gasteiger partial charge in [-0.2, -0.15) is 6.29 Å². The van der Waals surface area contributed by atoms with Gasteiger partial charge in [0.1, 0.15) is 5.91 Å². The number of primary amides is 2. The molecule has 5 amide bonds. The summed E-state index contributed by atoms with van der Waals surface area (Å²) in [7, 11) is 8.70. The van der Waals surface area contributed by atoms with Crippen molar-refractivity contribution in [3.63, 3.8) is 0 Å². The molecule has 2 aliphatic rings. The van der Waals surface area contributed by atoms with Gasteiger partial charge in [0.05, 0.1) is 112 Å². The number of carbonyl (C=O) groups excluding carboxylic acids is 7. The number of hydrogen-bond donors (Lipinski definition) is 8.